The summed E-state index contributed by atoms with van der Waals surface area (Å²) in [7, 11) is 0. The van der Waals surface area contributed by atoms with Crippen LogP contribution in [0.4, 0.5) is 0 Å². The molecule has 0 aliphatic carbocycles. The number of nitrogens with zero attached hydrogens (tertiary/aromatic N) is 1. The molecular weight excluding hydrogens is 234 g/mol. The van der Waals surface area contributed by atoms with Crippen LogP contribution < -0.4 is 10.6 Å². The van der Waals surface area contributed by atoms with E-state index in [4.69, 9.17) is 4.74 Å². The SMILES string of the molecule is CCNC(=O)CCNCCC(=O)N1CCOCC1. The first-order valence-electron chi connectivity index (χ1n) is 6.57. The van der Waals surface area contributed by atoms with Crippen molar-refractivity contribution in [2.45, 2.75) is 19.8 Å². The molecule has 6 nitrogen and oxygen atoms in total. The van der Waals surface area contributed by atoms with Crippen LogP contribution in [-0.4, -0.2) is 62.7 Å². The fourth-order valence-electron chi connectivity index (χ4n) is 1.78. The van der Waals surface area contributed by atoms with Gasteiger partial charge in [-0.05, 0) is 6.92 Å². The van der Waals surface area contributed by atoms with Crippen molar-refractivity contribution in [3.05, 3.63) is 0 Å². The minimum absolute atomic E-state index is 0.0458. The summed E-state index contributed by atoms with van der Waals surface area (Å²) < 4.78 is 5.19. The van der Waals surface area contributed by atoms with Gasteiger partial charge in [0.15, 0.2) is 0 Å². The van der Waals surface area contributed by atoms with Crippen LogP contribution in [0, 0.1) is 0 Å². The van der Waals surface area contributed by atoms with Gasteiger partial charge in [-0.3, -0.25) is 9.59 Å². The van der Waals surface area contributed by atoms with Gasteiger partial charge < -0.3 is 20.3 Å². The van der Waals surface area contributed by atoms with Crippen LogP contribution in [0.25, 0.3) is 0 Å². The highest BCUT2D eigenvalue weighted by atomic mass is 16.5. The van der Waals surface area contributed by atoms with Gasteiger partial charge in [-0.15, -0.1) is 0 Å². The molecule has 1 rings (SSSR count). The molecule has 2 N–H and O–H groups in total. The Morgan fingerprint density at radius 1 is 1.17 bits per heavy atom. The Kier molecular flexibility index (Phi) is 7.36. The molecule has 1 fully saturated rings. The summed E-state index contributed by atoms with van der Waals surface area (Å²) in [5.74, 6) is 0.202. The van der Waals surface area contributed by atoms with Gasteiger partial charge in [0.25, 0.3) is 0 Å². The number of hydrogen-bond donors (Lipinski definition) is 2. The fraction of sp³-hybridized carbons (Fsp3) is 0.833. The van der Waals surface area contributed by atoms with Crippen molar-refractivity contribution in [3.8, 4) is 0 Å². The van der Waals surface area contributed by atoms with Crippen molar-refractivity contribution in [2.24, 2.45) is 0 Å². The molecule has 0 saturated carbocycles. The number of hydrogen-bond acceptors (Lipinski definition) is 4. The molecule has 0 atom stereocenters. The monoisotopic (exact) mass is 257 g/mol. The highest BCUT2D eigenvalue weighted by Gasteiger charge is 2.15. The molecule has 0 aromatic rings. The molecule has 2 amide bonds. The standard InChI is InChI=1S/C12H23N3O3/c1-2-14-11(16)3-5-13-6-4-12(17)15-7-9-18-10-8-15/h13H,2-10H2,1H3,(H,14,16). The third kappa shape index (κ3) is 5.97. The normalized spacial score (nSPS) is 15.5. The van der Waals surface area contributed by atoms with Crippen molar-refractivity contribution in [1.82, 2.24) is 15.5 Å². The minimum atomic E-state index is 0.0458. The van der Waals surface area contributed by atoms with Gasteiger partial charge in [0.2, 0.25) is 11.8 Å². The fourth-order valence-corrected chi connectivity index (χ4v) is 1.78. The van der Waals surface area contributed by atoms with E-state index in [1.54, 1.807) is 0 Å². The average molecular weight is 257 g/mol. The zero-order valence-corrected chi connectivity index (χ0v) is 11.0. The summed E-state index contributed by atoms with van der Waals surface area (Å²) in [5, 5.41) is 5.83. The second kappa shape index (κ2) is 8.88. The average Bonchev–Trinajstić information content (AvgIpc) is 2.39. The van der Waals surface area contributed by atoms with Crippen molar-refractivity contribution < 1.29 is 14.3 Å². The van der Waals surface area contributed by atoms with E-state index in [2.05, 4.69) is 10.6 Å². The molecule has 0 radical (unpaired) electrons. The summed E-state index contributed by atoms with van der Waals surface area (Å²) in [6, 6.07) is 0. The minimum Gasteiger partial charge on any atom is -0.378 e. The Morgan fingerprint density at radius 3 is 2.50 bits per heavy atom. The number of rotatable bonds is 7. The van der Waals surface area contributed by atoms with Crippen LogP contribution in [-0.2, 0) is 14.3 Å². The number of nitrogens with one attached hydrogen (secondary N) is 2. The lowest BCUT2D eigenvalue weighted by atomic mass is 10.3. The zero-order valence-electron chi connectivity index (χ0n) is 11.0. The largest absolute Gasteiger partial charge is 0.378 e. The maximum absolute atomic E-state index is 11.7. The van der Waals surface area contributed by atoms with Gasteiger partial charge in [-0.2, -0.15) is 0 Å². The zero-order chi connectivity index (χ0) is 13.2. The predicted octanol–water partition coefficient (Wildman–Crippen LogP) is -0.649. The lowest BCUT2D eigenvalue weighted by Crippen LogP contribution is -2.41. The van der Waals surface area contributed by atoms with E-state index < -0.39 is 0 Å². The van der Waals surface area contributed by atoms with Crippen LogP contribution in [0.3, 0.4) is 0 Å². The molecule has 1 aliphatic rings. The topological polar surface area (TPSA) is 70.7 Å². The van der Waals surface area contributed by atoms with Gasteiger partial charge in [0.1, 0.15) is 0 Å². The van der Waals surface area contributed by atoms with Crippen molar-refractivity contribution in [3.63, 3.8) is 0 Å². The van der Waals surface area contributed by atoms with Gasteiger partial charge in [0.05, 0.1) is 13.2 Å². The molecule has 1 heterocycles. The number of carbonyl (C=O) groups excluding carboxylic acids is 2. The Labute approximate surface area is 108 Å². The van der Waals surface area contributed by atoms with E-state index in [0.29, 0.717) is 58.8 Å². The molecule has 1 aliphatic heterocycles. The van der Waals surface area contributed by atoms with Gasteiger partial charge in [-0.25, -0.2) is 0 Å². The lowest BCUT2D eigenvalue weighted by molar-refractivity contribution is -0.135. The second-order valence-corrected chi connectivity index (χ2v) is 4.20. The third-order valence-electron chi connectivity index (χ3n) is 2.78. The predicted molar refractivity (Wildman–Crippen MR) is 68.2 cm³/mol. The maximum Gasteiger partial charge on any atom is 0.224 e. The third-order valence-corrected chi connectivity index (χ3v) is 2.78. The summed E-state index contributed by atoms with van der Waals surface area (Å²) in [6.07, 6.45) is 0.939. The first-order chi connectivity index (χ1) is 8.74. The molecule has 0 bridgehead atoms. The Balaban J connectivity index is 2.00. The summed E-state index contributed by atoms with van der Waals surface area (Å²) in [6.45, 7) is 6.45. The summed E-state index contributed by atoms with van der Waals surface area (Å²) >= 11 is 0. The highest BCUT2D eigenvalue weighted by molar-refractivity contribution is 5.76. The summed E-state index contributed by atoms with van der Waals surface area (Å²) in [4.78, 5) is 24.7. The Hall–Kier alpha value is -1.14. The first kappa shape index (κ1) is 14.9. The number of morpholine rings is 1. The van der Waals surface area contributed by atoms with Gasteiger partial charge >= 0.3 is 0 Å². The Morgan fingerprint density at radius 2 is 1.83 bits per heavy atom. The van der Waals surface area contributed by atoms with E-state index in [9.17, 15) is 9.59 Å². The molecule has 0 aromatic carbocycles. The number of ether oxygens (including phenoxy) is 1. The molecule has 18 heavy (non-hydrogen) atoms. The van der Waals surface area contributed by atoms with E-state index in [1.165, 1.54) is 0 Å². The highest BCUT2D eigenvalue weighted by Crippen LogP contribution is 1.99. The van der Waals surface area contributed by atoms with E-state index in [-0.39, 0.29) is 11.8 Å². The molecule has 6 heteroatoms. The van der Waals surface area contributed by atoms with Gasteiger partial charge in [-0.1, -0.05) is 0 Å². The lowest BCUT2D eigenvalue weighted by Gasteiger charge is -2.26. The molecule has 0 unspecified atom stereocenters. The van der Waals surface area contributed by atoms with Crippen molar-refractivity contribution >= 4 is 11.8 Å². The van der Waals surface area contributed by atoms with Crippen LogP contribution in [0.2, 0.25) is 0 Å². The van der Waals surface area contributed by atoms with Crippen molar-refractivity contribution in [1.29, 1.82) is 0 Å². The van der Waals surface area contributed by atoms with E-state index in [0.717, 1.165) is 0 Å². The second-order valence-electron chi connectivity index (χ2n) is 4.20. The molecule has 0 spiro atoms. The van der Waals surface area contributed by atoms with Gasteiger partial charge in [0, 0.05) is 45.6 Å². The first-order valence-corrected chi connectivity index (χ1v) is 6.57. The molecule has 0 aromatic heterocycles. The smallest absolute Gasteiger partial charge is 0.224 e. The number of carbonyl (C=O) groups is 2. The van der Waals surface area contributed by atoms with Crippen LogP contribution >= 0.6 is 0 Å². The van der Waals surface area contributed by atoms with E-state index in [1.807, 2.05) is 11.8 Å². The summed E-state index contributed by atoms with van der Waals surface area (Å²) in [5.41, 5.74) is 0. The molecular formula is C12H23N3O3. The van der Waals surface area contributed by atoms with Crippen LogP contribution in [0.15, 0.2) is 0 Å². The van der Waals surface area contributed by atoms with E-state index >= 15 is 0 Å². The Bertz CT molecular complexity index is 265. The van der Waals surface area contributed by atoms with Crippen molar-refractivity contribution in [2.75, 3.05) is 45.9 Å². The quantitative estimate of drug-likeness (QED) is 0.595. The number of amides is 2. The van der Waals surface area contributed by atoms with Crippen LogP contribution in [0.5, 0.6) is 0 Å². The molecule has 1 saturated heterocycles. The maximum atomic E-state index is 11.7. The molecule has 104 valence electrons. The van der Waals surface area contributed by atoms with Crippen LogP contribution in [0.1, 0.15) is 19.8 Å².